The topological polar surface area (TPSA) is 75.3 Å². The SMILES string of the molecule is CCCC(C)NC(=O)c1ccc(Cl)c(NS(=O)(=O)c2ccc(F)cc2)c1. The Hall–Kier alpha value is -2.12. The van der Waals surface area contributed by atoms with Crippen LogP contribution in [0.5, 0.6) is 0 Å². The van der Waals surface area contributed by atoms with Crippen LogP contribution in [0.25, 0.3) is 0 Å². The van der Waals surface area contributed by atoms with E-state index in [4.69, 9.17) is 11.6 Å². The second kappa shape index (κ2) is 8.51. The number of rotatable bonds is 7. The predicted octanol–water partition coefficient (Wildman–Crippen LogP) is 4.20. The van der Waals surface area contributed by atoms with E-state index >= 15 is 0 Å². The van der Waals surface area contributed by atoms with E-state index in [1.807, 2.05) is 13.8 Å². The van der Waals surface area contributed by atoms with Crippen LogP contribution in [0.3, 0.4) is 0 Å². The minimum Gasteiger partial charge on any atom is -0.350 e. The minimum absolute atomic E-state index is 0.00235. The molecule has 2 aromatic rings. The molecule has 8 heteroatoms. The molecule has 1 amide bonds. The van der Waals surface area contributed by atoms with E-state index in [-0.39, 0.29) is 33.1 Å². The highest BCUT2D eigenvalue weighted by atomic mass is 35.5. The Morgan fingerprint density at radius 3 is 2.46 bits per heavy atom. The zero-order valence-electron chi connectivity index (χ0n) is 14.4. The summed E-state index contributed by atoms with van der Waals surface area (Å²) in [5.41, 5.74) is 0.362. The van der Waals surface area contributed by atoms with Crippen LogP contribution in [-0.2, 0) is 10.0 Å². The number of carbonyl (C=O) groups excluding carboxylic acids is 1. The van der Waals surface area contributed by atoms with Gasteiger partial charge in [0.2, 0.25) is 0 Å². The Morgan fingerprint density at radius 2 is 1.85 bits per heavy atom. The van der Waals surface area contributed by atoms with Crippen molar-refractivity contribution in [2.24, 2.45) is 0 Å². The fraction of sp³-hybridized carbons (Fsp3) is 0.278. The van der Waals surface area contributed by atoms with Crippen molar-refractivity contribution in [3.8, 4) is 0 Å². The zero-order valence-corrected chi connectivity index (χ0v) is 16.0. The van der Waals surface area contributed by atoms with Crippen molar-refractivity contribution in [3.63, 3.8) is 0 Å². The molecule has 5 nitrogen and oxygen atoms in total. The van der Waals surface area contributed by atoms with Gasteiger partial charge in [0, 0.05) is 11.6 Å². The third-order valence-electron chi connectivity index (χ3n) is 3.70. The fourth-order valence-electron chi connectivity index (χ4n) is 2.37. The van der Waals surface area contributed by atoms with Gasteiger partial charge < -0.3 is 5.32 Å². The number of nitrogens with one attached hydrogen (secondary N) is 2. The molecule has 0 aliphatic heterocycles. The lowest BCUT2D eigenvalue weighted by Crippen LogP contribution is -2.32. The van der Waals surface area contributed by atoms with Crippen molar-refractivity contribution in [2.75, 3.05) is 4.72 Å². The Labute approximate surface area is 157 Å². The van der Waals surface area contributed by atoms with Crippen LogP contribution < -0.4 is 10.0 Å². The van der Waals surface area contributed by atoms with Crippen molar-refractivity contribution in [2.45, 2.75) is 37.6 Å². The number of anilines is 1. The lowest BCUT2D eigenvalue weighted by atomic mass is 10.1. The number of carbonyl (C=O) groups is 1. The molecular weight excluding hydrogens is 379 g/mol. The third-order valence-corrected chi connectivity index (χ3v) is 5.41. The average Bonchev–Trinajstić information content (AvgIpc) is 2.57. The van der Waals surface area contributed by atoms with Gasteiger partial charge >= 0.3 is 0 Å². The summed E-state index contributed by atoms with van der Waals surface area (Å²) in [6.07, 6.45) is 1.77. The first-order valence-corrected chi connectivity index (χ1v) is 9.98. The summed E-state index contributed by atoms with van der Waals surface area (Å²) in [5.74, 6) is -0.855. The van der Waals surface area contributed by atoms with Gasteiger partial charge in [0.1, 0.15) is 5.82 Å². The normalized spacial score (nSPS) is 12.5. The van der Waals surface area contributed by atoms with E-state index in [1.54, 1.807) is 0 Å². The van der Waals surface area contributed by atoms with E-state index < -0.39 is 15.8 Å². The van der Waals surface area contributed by atoms with Crippen LogP contribution in [0, 0.1) is 5.82 Å². The molecule has 0 fully saturated rings. The first kappa shape index (κ1) is 20.2. The molecule has 2 aromatic carbocycles. The van der Waals surface area contributed by atoms with Crippen LogP contribution >= 0.6 is 11.6 Å². The van der Waals surface area contributed by atoms with Gasteiger partial charge in [-0.3, -0.25) is 9.52 Å². The predicted molar refractivity (Wildman–Crippen MR) is 100 cm³/mol. The van der Waals surface area contributed by atoms with E-state index in [2.05, 4.69) is 10.0 Å². The number of amides is 1. The molecule has 1 atom stereocenters. The van der Waals surface area contributed by atoms with Crippen LogP contribution in [0.1, 0.15) is 37.0 Å². The first-order chi connectivity index (χ1) is 12.2. The van der Waals surface area contributed by atoms with Gasteiger partial charge in [0.15, 0.2) is 0 Å². The van der Waals surface area contributed by atoms with Crippen LogP contribution in [0.15, 0.2) is 47.4 Å². The highest BCUT2D eigenvalue weighted by Crippen LogP contribution is 2.26. The average molecular weight is 399 g/mol. The quantitative estimate of drug-likeness (QED) is 0.734. The van der Waals surface area contributed by atoms with Gasteiger partial charge in [-0.05, 0) is 55.8 Å². The van der Waals surface area contributed by atoms with E-state index in [9.17, 15) is 17.6 Å². The first-order valence-electron chi connectivity index (χ1n) is 8.11. The minimum atomic E-state index is -3.96. The molecule has 0 saturated carbocycles. The molecule has 0 aliphatic carbocycles. The smallest absolute Gasteiger partial charge is 0.261 e. The van der Waals surface area contributed by atoms with Gasteiger partial charge in [0.05, 0.1) is 15.6 Å². The van der Waals surface area contributed by atoms with Crippen molar-refractivity contribution in [1.82, 2.24) is 5.32 Å². The number of sulfonamides is 1. The monoisotopic (exact) mass is 398 g/mol. The molecule has 2 rings (SSSR count). The Kier molecular flexibility index (Phi) is 6.61. The van der Waals surface area contributed by atoms with E-state index in [0.717, 1.165) is 37.1 Å². The molecule has 0 spiro atoms. The maximum absolute atomic E-state index is 13.0. The van der Waals surface area contributed by atoms with Crippen molar-refractivity contribution in [1.29, 1.82) is 0 Å². The Balaban J connectivity index is 2.24. The summed E-state index contributed by atoms with van der Waals surface area (Å²) in [6, 6.07) is 8.74. The highest BCUT2D eigenvalue weighted by Gasteiger charge is 2.18. The molecule has 0 bridgehead atoms. The summed E-state index contributed by atoms with van der Waals surface area (Å²) in [6.45, 7) is 3.92. The van der Waals surface area contributed by atoms with Gasteiger partial charge in [-0.25, -0.2) is 12.8 Å². The molecule has 0 aromatic heterocycles. The van der Waals surface area contributed by atoms with E-state index in [1.165, 1.54) is 18.2 Å². The largest absolute Gasteiger partial charge is 0.350 e. The summed E-state index contributed by atoms with van der Waals surface area (Å²) < 4.78 is 40.2. The lowest BCUT2D eigenvalue weighted by molar-refractivity contribution is 0.0938. The number of halogens is 2. The van der Waals surface area contributed by atoms with Gasteiger partial charge in [-0.15, -0.1) is 0 Å². The van der Waals surface area contributed by atoms with Gasteiger partial charge in [-0.2, -0.15) is 0 Å². The van der Waals surface area contributed by atoms with Crippen molar-refractivity contribution >= 4 is 33.2 Å². The standard InChI is InChI=1S/C18H20ClFN2O3S/c1-3-4-12(2)21-18(23)13-5-10-16(19)17(11-13)22-26(24,25)15-8-6-14(20)7-9-15/h5-12,22H,3-4H2,1-2H3,(H,21,23). The number of hydrogen-bond donors (Lipinski definition) is 2. The Bertz CT molecular complexity index is 886. The Morgan fingerprint density at radius 1 is 1.19 bits per heavy atom. The van der Waals surface area contributed by atoms with E-state index in [0.29, 0.717) is 0 Å². The molecule has 0 saturated heterocycles. The van der Waals surface area contributed by atoms with Crippen LogP contribution in [-0.4, -0.2) is 20.4 Å². The summed E-state index contributed by atoms with van der Waals surface area (Å²) in [5, 5.41) is 2.99. The van der Waals surface area contributed by atoms with Crippen molar-refractivity contribution < 1.29 is 17.6 Å². The molecular formula is C18H20ClFN2O3S. The second-order valence-electron chi connectivity index (χ2n) is 5.92. The maximum Gasteiger partial charge on any atom is 0.261 e. The third kappa shape index (κ3) is 5.19. The van der Waals surface area contributed by atoms with Crippen LogP contribution in [0.4, 0.5) is 10.1 Å². The summed E-state index contributed by atoms with van der Waals surface area (Å²) in [4.78, 5) is 12.2. The molecule has 0 aliphatic rings. The van der Waals surface area contributed by atoms with Gasteiger partial charge in [-0.1, -0.05) is 24.9 Å². The number of benzene rings is 2. The summed E-state index contributed by atoms with van der Waals surface area (Å²) in [7, 11) is -3.96. The molecule has 0 radical (unpaired) electrons. The second-order valence-corrected chi connectivity index (χ2v) is 8.01. The van der Waals surface area contributed by atoms with Crippen LogP contribution in [0.2, 0.25) is 5.02 Å². The number of hydrogen-bond acceptors (Lipinski definition) is 3. The zero-order chi connectivity index (χ0) is 19.3. The highest BCUT2D eigenvalue weighted by molar-refractivity contribution is 7.92. The fourth-order valence-corrected chi connectivity index (χ4v) is 3.67. The lowest BCUT2D eigenvalue weighted by Gasteiger charge is -2.14. The summed E-state index contributed by atoms with van der Waals surface area (Å²) >= 11 is 6.06. The van der Waals surface area contributed by atoms with Gasteiger partial charge in [0.25, 0.3) is 15.9 Å². The molecule has 2 N–H and O–H groups in total. The molecule has 1 unspecified atom stereocenters. The molecule has 0 heterocycles. The van der Waals surface area contributed by atoms with Crippen molar-refractivity contribution in [3.05, 3.63) is 58.9 Å². The molecule has 26 heavy (non-hydrogen) atoms. The maximum atomic E-state index is 13.0. The molecule has 140 valence electrons.